The lowest BCUT2D eigenvalue weighted by Gasteiger charge is -2.05. The van der Waals surface area contributed by atoms with Crippen molar-refractivity contribution in [1.82, 2.24) is 15.3 Å². The van der Waals surface area contributed by atoms with Gasteiger partial charge in [0.2, 0.25) is 0 Å². The van der Waals surface area contributed by atoms with Gasteiger partial charge in [-0.25, -0.2) is 9.78 Å². The minimum absolute atomic E-state index is 0.0850. The average Bonchev–Trinajstić information content (AvgIpc) is 2.53. The molecule has 0 spiro atoms. The number of carbonyl (C=O) groups is 2. The van der Waals surface area contributed by atoms with Gasteiger partial charge >= 0.3 is 5.97 Å². The lowest BCUT2D eigenvalue weighted by Crippen LogP contribution is -2.24. The number of hydrogen-bond acceptors (Lipinski definition) is 5. The highest BCUT2D eigenvalue weighted by Crippen LogP contribution is 2.03. The van der Waals surface area contributed by atoms with Crippen molar-refractivity contribution in [2.24, 2.45) is 0 Å². The Hall–Kier alpha value is -3.27. The van der Waals surface area contributed by atoms with E-state index in [1.54, 1.807) is 0 Å². The van der Waals surface area contributed by atoms with Crippen LogP contribution in [0.2, 0.25) is 0 Å². The first kappa shape index (κ1) is 14.1. The normalized spacial score (nSPS) is 9.67. The summed E-state index contributed by atoms with van der Waals surface area (Å²) in [6.45, 7) is 0.0850. The molecule has 0 bridgehead atoms. The van der Waals surface area contributed by atoms with Gasteiger partial charge in [-0.15, -0.1) is 0 Å². The molecule has 2 aromatic heterocycles. The Kier molecular flexibility index (Phi) is 4.21. The van der Waals surface area contributed by atoms with Crippen molar-refractivity contribution in [2.75, 3.05) is 0 Å². The number of aromatic nitrogens is 2. The number of rotatable bonds is 4. The van der Waals surface area contributed by atoms with Crippen molar-refractivity contribution in [2.45, 2.75) is 6.54 Å². The summed E-state index contributed by atoms with van der Waals surface area (Å²) in [5.74, 6) is -1.49. The number of carboxylic acids is 1. The van der Waals surface area contributed by atoms with E-state index in [2.05, 4.69) is 15.3 Å². The van der Waals surface area contributed by atoms with Crippen molar-refractivity contribution < 1.29 is 14.7 Å². The maximum Gasteiger partial charge on any atom is 0.335 e. The largest absolute Gasteiger partial charge is 0.478 e. The molecule has 0 aliphatic heterocycles. The average molecular weight is 282 g/mol. The van der Waals surface area contributed by atoms with E-state index in [1.807, 2.05) is 6.07 Å². The third-order valence-corrected chi connectivity index (χ3v) is 2.62. The van der Waals surface area contributed by atoms with E-state index < -0.39 is 11.9 Å². The maximum atomic E-state index is 11.8. The van der Waals surface area contributed by atoms with Gasteiger partial charge in [-0.1, -0.05) is 0 Å². The Morgan fingerprint density at radius 2 is 2.10 bits per heavy atom. The van der Waals surface area contributed by atoms with Crippen LogP contribution in [0.3, 0.4) is 0 Å². The van der Waals surface area contributed by atoms with Crippen LogP contribution in [-0.4, -0.2) is 27.0 Å². The number of nitriles is 1. The van der Waals surface area contributed by atoms with Gasteiger partial charge in [-0.3, -0.25) is 9.78 Å². The van der Waals surface area contributed by atoms with Crippen molar-refractivity contribution in [3.8, 4) is 6.07 Å². The van der Waals surface area contributed by atoms with E-state index in [4.69, 9.17) is 10.4 Å². The first-order valence-corrected chi connectivity index (χ1v) is 5.92. The molecule has 2 aromatic rings. The van der Waals surface area contributed by atoms with Gasteiger partial charge in [-0.2, -0.15) is 5.26 Å². The van der Waals surface area contributed by atoms with E-state index >= 15 is 0 Å². The molecule has 0 aliphatic rings. The van der Waals surface area contributed by atoms with Crippen molar-refractivity contribution in [3.63, 3.8) is 0 Å². The van der Waals surface area contributed by atoms with Crippen molar-refractivity contribution in [3.05, 3.63) is 59.2 Å². The second kappa shape index (κ2) is 6.25. The number of hydrogen-bond donors (Lipinski definition) is 2. The summed E-state index contributed by atoms with van der Waals surface area (Å²) in [6, 6.07) is 7.59. The van der Waals surface area contributed by atoms with Crippen LogP contribution in [0.4, 0.5) is 0 Å². The summed E-state index contributed by atoms with van der Waals surface area (Å²) in [6.07, 6.45) is 2.67. The van der Waals surface area contributed by atoms with Crippen LogP contribution in [0.25, 0.3) is 0 Å². The Balaban J connectivity index is 2.02. The van der Waals surface area contributed by atoms with E-state index in [-0.39, 0.29) is 17.8 Å². The summed E-state index contributed by atoms with van der Waals surface area (Å²) in [7, 11) is 0. The van der Waals surface area contributed by atoms with E-state index in [0.29, 0.717) is 11.3 Å². The summed E-state index contributed by atoms with van der Waals surface area (Å²) in [5.41, 5.74) is 1.06. The summed E-state index contributed by atoms with van der Waals surface area (Å²) < 4.78 is 0. The number of carboxylic acid groups (broad SMARTS) is 1. The molecule has 0 saturated heterocycles. The van der Waals surface area contributed by atoms with Crippen LogP contribution in [0.1, 0.15) is 32.1 Å². The minimum Gasteiger partial charge on any atom is -0.478 e. The van der Waals surface area contributed by atoms with Gasteiger partial charge in [-0.05, 0) is 24.3 Å². The van der Waals surface area contributed by atoms with Gasteiger partial charge in [0, 0.05) is 12.4 Å². The number of carbonyl (C=O) groups excluding carboxylic acids is 1. The zero-order valence-electron chi connectivity index (χ0n) is 10.8. The van der Waals surface area contributed by atoms with Crippen molar-refractivity contribution in [1.29, 1.82) is 5.26 Å². The van der Waals surface area contributed by atoms with Crippen LogP contribution in [0.5, 0.6) is 0 Å². The van der Waals surface area contributed by atoms with E-state index in [0.717, 1.165) is 0 Å². The van der Waals surface area contributed by atoms with Crippen molar-refractivity contribution >= 4 is 11.9 Å². The molecule has 0 fully saturated rings. The molecular weight excluding hydrogens is 272 g/mol. The molecule has 0 unspecified atom stereocenters. The molecule has 7 heteroatoms. The molecule has 104 valence electrons. The Labute approximate surface area is 119 Å². The van der Waals surface area contributed by atoms with E-state index in [1.165, 1.54) is 36.7 Å². The van der Waals surface area contributed by atoms with Gasteiger partial charge in [0.1, 0.15) is 11.8 Å². The predicted octanol–water partition coefficient (Wildman–Crippen LogP) is 0.976. The van der Waals surface area contributed by atoms with Crippen LogP contribution in [0, 0.1) is 11.3 Å². The van der Waals surface area contributed by atoms with Crippen LogP contribution in [-0.2, 0) is 6.54 Å². The first-order valence-electron chi connectivity index (χ1n) is 5.92. The third kappa shape index (κ3) is 3.61. The highest BCUT2D eigenvalue weighted by molar-refractivity contribution is 5.92. The third-order valence-electron chi connectivity index (χ3n) is 2.62. The zero-order valence-corrected chi connectivity index (χ0v) is 10.8. The molecular formula is C14H10N4O3. The molecule has 1 amide bonds. The van der Waals surface area contributed by atoms with Gasteiger partial charge in [0.15, 0.2) is 0 Å². The molecule has 2 heterocycles. The lowest BCUT2D eigenvalue weighted by atomic mass is 10.2. The molecule has 0 saturated carbocycles. The summed E-state index contributed by atoms with van der Waals surface area (Å²) >= 11 is 0. The second-order valence-corrected chi connectivity index (χ2v) is 4.07. The topological polar surface area (TPSA) is 116 Å². The fourth-order valence-electron chi connectivity index (χ4n) is 1.56. The van der Waals surface area contributed by atoms with Crippen LogP contribution < -0.4 is 5.32 Å². The Morgan fingerprint density at radius 1 is 1.29 bits per heavy atom. The first-order chi connectivity index (χ1) is 10.1. The Morgan fingerprint density at radius 3 is 2.71 bits per heavy atom. The lowest BCUT2D eigenvalue weighted by molar-refractivity contribution is 0.0696. The van der Waals surface area contributed by atoms with Gasteiger partial charge in [0.25, 0.3) is 5.91 Å². The molecule has 21 heavy (non-hydrogen) atoms. The van der Waals surface area contributed by atoms with Gasteiger partial charge < -0.3 is 10.4 Å². The fourth-order valence-corrected chi connectivity index (χ4v) is 1.56. The summed E-state index contributed by atoms with van der Waals surface area (Å²) in [4.78, 5) is 30.5. The molecule has 0 aliphatic carbocycles. The highest BCUT2D eigenvalue weighted by atomic mass is 16.4. The van der Waals surface area contributed by atoms with Crippen LogP contribution in [0.15, 0.2) is 36.7 Å². The maximum absolute atomic E-state index is 11.8. The van der Waals surface area contributed by atoms with E-state index in [9.17, 15) is 9.59 Å². The second-order valence-electron chi connectivity index (χ2n) is 4.07. The molecule has 2 rings (SSSR count). The minimum atomic E-state index is -1.06. The number of nitrogens with one attached hydrogen (secondary N) is 1. The van der Waals surface area contributed by atoms with Crippen LogP contribution >= 0.6 is 0 Å². The number of nitrogens with zero attached hydrogens (tertiary/aromatic N) is 3. The Bertz CT molecular complexity index is 720. The predicted molar refractivity (Wildman–Crippen MR) is 71.3 cm³/mol. The number of amides is 1. The molecule has 0 atom stereocenters. The number of pyridine rings is 2. The SMILES string of the molecule is N#Cc1ccc(C(=O)NCc2cc(C(=O)O)ccn2)nc1. The number of aromatic carboxylic acids is 1. The standard InChI is InChI=1S/C14H10N4O3/c15-6-9-1-2-12(17-7-9)13(19)18-8-11-5-10(14(20)21)3-4-16-11/h1-5,7H,8H2,(H,18,19)(H,20,21). The fraction of sp³-hybridized carbons (Fsp3) is 0.0714. The quantitative estimate of drug-likeness (QED) is 0.863. The van der Waals surface area contributed by atoms with Gasteiger partial charge in [0.05, 0.1) is 23.4 Å². The summed E-state index contributed by atoms with van der Waals surface area (Å²) in [5, 5.41) is 20.1. The molecule has 0 aromatic carbocycles. The molecule has 2 N–H and O–H groups in total. The smallest absolute Gasteiger partial charge is 0.335 e. The highest BCUT2D eigenvalue weighted by Gasteiger charge is 2.09. The zero-order chi connectivity index (χ0) is 15.2. The monoisotopic (exact) mass is 282 g/mol. The molecule has 7 nitrogen and oxygen atoms in total. The molecule has 0 radical (unpaired) electrons.